The summed E-state index contributed by atoms with van der Waals surface area (Å²) in [6.45, 7) is 5.35. The SMILES string of the molecule is CCc1c(C(=O)N[C@@H](C(=O)O)C(C)C)cnc2ncnn12. The zero-order chi connectivity index (χ0) is 15.6. The summed E-state index contributed by atoms with van der Waals surface area (Å²) < 4.78 is 1.49. The molecule has 2 N–H and O–H groups in total. The number of rotatable bonds is 5. The van der Waals surface area contributed by atoms with E-state index in [9.17, 15) is 9.59 Å². The lowest BCUT2D eigenvalue weighted by atomic mass is 10.0. The molecular formula is C13H17N5O3. The Morgan fingerprint density at radius 1 is 1.38 bits per heavy atom. The number of hydrogen-bond donors (Lipinski definition) is 2. The maximum atomic E-state index is 12.3. The first-order chi connectivity index (χ1) is 9.95. The summed E-state index contributed by atoms with van der Waals surface area (Å²) in [6.07, 6.45) is 3.30. The van der Waals surface area contributed by atoms with Crippen molar-refractivity contribution in [1.82, 2.24) is 24.9 Å². The van der Waals surface area contributed by atoms with Crippen LogP contribution in [0.3, 0.4) is 0 Å². The van der Waals surface area contributed by atoms with Crippen molar-refractivity contribution in [2.75, 3.05) is 0 Å². The minimum absolute atomic E-state index is 0.223. The normalized spacial score (nSPS) is 12.6. The van der Waals surface area contributed by atoms with E-state index in [2.05, 4.69) is 20.4 Å². The van der Waals surface area contributed by atoms with Gasteiger partial charge in [0.1, 0.15) is 12.4 Å². The number of aryl methyl sites for hydroxylation is 1. The zero-order valence-electron chi connectivity index (χ0n) is 12.1. The maximum Gasteiger partial charge on any atom is 0.326 e. The molecule has 0 unspecified atom stereocenters. The molecule has 2 rings (SSSR count). The minimum Gasteiger partial charge on any atom is -0.480 e. The van der Waals surface area contributed by atoms with Crippen LogP contribution in [0.25, 0.3) is 5.78 Å². The number of carbonyl (C=O) groups is 2. The van der Waals surface area contributed by atoms with E-state index in [0.29, 0.717) is 23.5 Å². The van der Waals surface area contributed by atoms with Crippen LogP contribution in [0, 0.1) is 5.92 Å². The van der Waals surface area contributed by atoms with Gasteiger partial charge in [-0.15, -0.1) is 0 Å². The topological polar surface area (TPSA) is 109 Å². The minimum atomic E-state index is -1.06. The monoisotopic (exact) mass is 291 g/mol. The lowest BCUT2D eigenvalue weighted by Crippen LogP contribution is -2.44. The smallest absolute Gasteiger partial charge is 0.326 e. The molecule has 0 aliphatic heterocycles. The van der Waals surface area contributed by atoms with E-state index in [1.54, 1.807) is 13.8 Å². The Bertz CT molecular complexity index is 679. The van der Waals surface area contributed by atoms with Gasteiger partial charge in [-0.1, -0.05) is 20.8 Å². The summed E-state index contributed by atoms with van der Waals surface area (Å²) in [5.41, 5.74) is 0.949. The van der Waals surface area contributed by atoms with Gasteiger partial charge in [-0.25, -0.2) is 14.3 Å². The van der Waals surface area contributed by atoms with Crippen molar-refractivity contribution in [3.8, 4) is 0 Å². The molecule has 21 heavy (non-hydrogen) atoms. The van der Waals surface area contributed by atoms with Crippen LogP contribution in [-0.4, -0.2) is 42.6 Å². The first kappa shape index (κ1) is 14.9. The Morgan fingerprint density at radius 3 is 2.67 bits per heavy atom. The molecule has 0 saturated carbocycles. The Hall–Kier alpha value is -2.51. The van der Waals surface area contributed by atoms with Gasteiger partial charge >= 0.3 is 5.97 Å². The van der Waals surface area contributed by atoms with Gasteiger partial charge < -0.3 is 10.4 Å². The van der Waals surface area contributed by atoms with Crippen LogP contribution in [0.2, 0.25) is 0 Å². The Morgan fingerprint density at radius 2 is 2.10 bits per heavy atom. The molecule has 0 aliphatic carbocycles. The molecule has 1 amide bonds. The fourth-order valence-corrected chi connectivity index (χ4v) is 2.09. The molecule has 112 valence electrons. The Labute approximate surface area is 121 Å². The Kier molecular flexibility index (Phi) is 4.15. The van der Waals surface area contributed by atoms with Gasteiger partial charge in [0.25, 0.3) is 11.7 Å². The van der Waals surface area contributed by atoms with Crippen molar-refractivity contribution in [2.45, 2.75) is 33.2 Å². The summed E-state index contributed by atoms with van der Waals surface area (Å²) in [6, 6.07) is -0.950. The van der Waals surface area contributed by atoms with E-state index in [4.69, 9.17) is 5.11 Å². The molecule has 2 heterocycles. The van der Waals surface area contributed by atoms with Gasteiger partial charge in [-0.05, 0) is 12.3 Å². The van der Waals surface area contributed by atoms with Crippen LogP contribution in [0.15, 0.2) is 12.5 Å². The van der Waals surface area contributed by atoms with Gasteiger partial charge in [0, 0.05) is 6.20 Å². The fourth-order valence-electron chi connectivity index (χ4n) is 2.09. The molecule has 0 radical (unpaired) electrons. The molecule has 0 spiro atoms. The van der Waals surface area contributed by atoms with Crippen molar-refractivity contribution in [2.24, 2.45) is 5.92 Å². The highest BCUT2D eigenvalue weighted by atomic mass is 16.4. The van der Waals surface area contributed by atoms with E-state index in [-0.39, 0.29) is 5.92 Å². The van der Waals surface area contributed by atoms with Crippen LogP contribution in [0.1, 0.15) is 36.8 Å². The number of nitrogens with zero attached hydrogens (tertiary/aromatic N) is 4. The van der Waals surface area contributed by atoms with Crippen LogP contribution < -0.4 is 5.32 Å². The maximum absolute atomic E-state index is 12.3. The van der Waals surface area contributed by atoms with E-state index in [0.717, 1.165) is 0 Å². The molecule has 0 aromatic carbocycles. The van der Waals surface area contributed by atoms with Gasteiger partial charge in [0.2, 0.25) is 0 Å². The second-order valence-electron chi connectivity index (χ2n) is 4.98. The first-order valence-corrected chi connectivity index (χ1v) is 6.67. The number of carboxylic acids is 1. The first-order valence-electron chi connectivity index (χ1n) is 6.67. The molecule has 2 aromatic rings. The quantitative estimate of drug-likeness (QED) is 0.831. The predicted octanol–water partition coefficient (Wildman–Crippen LogP) is 0.526. The summed E-state index contributed by atoms with van der Waals surface area (Å²) in [5.74, 6) is -1.36. The van der Waals surface area contributed by atoms with Gasteiger partial charge in [0.05, 0.1) is 11.3 Å². The summed E-state index contributed by atoms with van der Waals surface area (Å²) >= 11 is 0. The second kappa shape index (κ2) is 5.86. The zero-order valence-corrected chi connectivity index (χ0v) is 12.1. The molecule has 8 heteroatoms. The molecule has 0 aliphatic rings. The number of hydrogen-bond acceptors (Lipinski definition) is 5. The number of aliphatic carboxylic acids is 1. The van der Waals surface area contributed by atoms with Crippen molar-refractivity contribution in [3.63, 3.8) is 0 Å². The standard InChI is InChI=1S/C13H17N5O3/c1-4-9-8(5-14-13-15-6-16-18(9)13)11(19)17-10(7(2)3)12(20)21/h5-7,10H,4H2,1-3H3,(H,17,19)(H,20,21)/t10-/m1/s1. The van der Waals surface area contributed by atoms with Gasteiger partial charge in [0.15, 0.2) is 0 Å². The van der Waals surface area contributed by atoms with E-state index < -0.39 is 17.9 Å². The van der Waals surface area contributed by atoms with Crippen molar-refractivity contribution in [3.05, 3.63) is 23.8 Å². The number of carbonyl (C=O) groups excluding carboxylic acids is 1. The third kappa shape index (κ3) is 2.83. The number of fused-ring (bicyclic) bond motifs is 1. The highest BCUT2D eigenvalue weighted by molar-refractivity contribution is 5.97. The number of amides is 1. The van der Waals surface area contributed by atoms with Gasteiger partial charge in [-0.3, -0.25) is 4.79 Å². The average molecular weight is 291 g/mol. The van der Waals surface area contributed by atoms with Gasteiger partial charge in [-0.2, -0.15) is 10.1 Å². The largest absolute Gasteiger partial charge is 0.480 e. The fraction of sp³-hybridized carbons (Fsp3) is 0.462. The number of carboxylic acid groups (broad SMARTS) is 1. The number of aromatic nitrogens is 4. The molecule has 8 nitrogen and oxygen atoms in total. The average Bonchev–Trinajstić information content (AvgIpc) is 2.90. The molecule has 2 aromatic heterocycles. The predicted molar refractivity (Wildman–Crippen MR) is 73.9 cm³/mol. The highest BCUT2D eigenvalue weighted by Gasteiger charge is 2.25. The molecule has 0 fully saturated rings. The molecule has 1 atom stereocenters. The van der Waals surface area contributed by atoms with Crippen molar-refractivity contribution in [1.29, 1.82) is 0 Å². The third-order valence-electron chi connectivity index (χ3n) is 3.20. The van der Waals surface area contributed by atoms with E-state index in [1.807, 2.05) is 6.92 Å². The summed E-state index contributed by atoms with van der Waals surface area (Å²) in [4.78, 5) is 31.5. The van der Waals surface area contributed by atoms with Crippen molar-refractivity contribution < 1.29 is 14.7 Å². The highest BCUT2D eigenvalue weighted by Crippen LogP contribution is 2.11. The molecule has 0 saturated heterocycles. The Balaban J connectivity index is 2.36. The molecular weight excluding hydrogens is 274 g/mol. The van der Waals surface area contributed by atoms with Crippen LogP contribution in [0.4, 0.5) is 0 Å². The lowest BCUT2D eigenvalue weighted by Gasteiger charge is -2.18. The molecule has 0 bridgehead atoms. The van der Waals surface area contributed by atoms with E-state index in [1.165, 1.54) is 17.0 Å². The number of nitrogens with one attached hydrogen (secondary N) is 1. The van der Waals surface area contributed by atoms with E-state index >= 15 is 0 Å². The summed E-state index contributed by atoms with van der Waals surface area (Å²) in [7, 11) is 0. The van der Waals surface area contributed by atoms with Crippen LogP contribution in [-0.2, 0) is 11.2 Å². The second-order valence-corrected chi connectivity index (χ2v) is 4.98. The third-order valence-corrected chi connectivity index (χ3v) is 3.20. The van der Waals surface area contributed by atoms with Crippen LogP contribution >= 0.6 is 0 Å². The van der Waals surface area contributed by atoms with Crippen LogP contribution in [0.5, 0.6) is 0 Å². The van der Waals surface area contributed by atoms with Crippen molar-refractivity contribution >= 4 is 17.7 Å². The lowest BCUT2D eigenvalue weighted by molar-refractivity contribution is -0.140. The summed E-state index contributed by atoms with van der Waals surface area (Å²) in [5, 5.41) is 15.7.